The van der Waals surface area contributed by atoms with Crippen LogP contribution in [0.15, 0.2) is 23.0 Å². The van der Waals surface area contributed by atoms with Crippen molar-refractivity contribution in [1.82, 2.24) is 19.9 Å². The van der Waals surface area contributed by atoms with Gasteiger partial charge < -0.3 is 15.6 Å². The quantitative estimate of drug-likeness (QED) is 0.818. The molecule has 3 rings (SSSR count). The molecule has 0 radical (unpaired) electrons. The zero-order valence-corrected chi connectivity index (χ0v) is 14.1. The van der Waals surface area contributed by atoms with Crippen LogP contribution >= 0.6 is 15.9 Å². The van der Waals surface area contributed by atoms with Gasteiger partial charge in [-0.2, -0.15) is 0 Å². The first-order valence-electron chi connectivity index (χ1n) is 7.10. The van der Waals surface area contributed by atoms with E-state index in [1.54, 1.807) is 6.92 Å². The van der Waals surface area contributed by atoms with E-state index in [9.17, 15) is 4.79 Å². The second kappa shape index (κ2) is 5.39. The number of carbonyl (C=O) groups is 1. The summed E-state index contributed by atoms with van der Waals surface area (Å²) in [6.45, 7) is 5.37. The Kier molecular flexibility index (Phi) is 3.68. The molecule has 3 N–H and O–H groups in total. The lowest BCUT2D eigenvalue weighted by molar-refractivity contribution is -0.118. The number of rotatable bonds is 3. The predicted molar refractivity (Wildman–Crippen MR) is 89.3 cm³/mol. The molecule has 0 aliphatic heterocycles. The van der Waals surface area contributed by atoms with Crippen molar-refractivity contribution in [3.05, 3.63) is 28.6 Å². The van der Waals surface area contributed by atoms with Crippen LogP contribution in [-0.2, 0) is 11.8 Å². The number of halogens is 1. The minimum Gasteiger partial charge on any atom is -0.383 e. The van der Waals surface area contributed by atoms with E-state index < -0.39 is 0 Å². The summed E-state index contributed by atoms with van der Waals surface area (Å²) < 4.78 is 3.01. The first-order chi connectivity index (χ1) is 10.4. The zero-order chi connectivity index (χ0) is 16.0. The number of amides is 1. The molecular weight excluding hydrogens is 346 g/mol. The van der Waals surface area contributed by atoms with Crippen LogP contribution in [0.3, 0.4) is 0 Å². The summed E-state index contributed by atoms with van der Waals surface area (Å²) in [6, 6.07) is 0.197. The molecule has 0 aromatic carbocycles. The summed E-state index contributed by atoms with van der Waals surface area (Å²) >= 11 is 3.64. The van der Waals surface area contributed by atoms with Gasteiger partial charge in [0.25, 0.3) is 0 Å². The Labute approximate surface area is 136 Å². The van der Waals surface area contributed by atoms with Crippen LogP contribution < -0.4 is 11.1 Å². The number of anilines is 1. The molecule has 1 amide bonds. The number of nitrogens with one attached hydrogen (secondary N) is 1. The summed E-state index contributed by atoms with van der Waals surface area (Å²) in [7, 11) is 1.98. The van der Waals surface area contributed by atoms with E-state index in [2.05, 4.69) is 42.4 Å². The maximum atomic E-state index is 11.6. The molecule has 2 aromatic heterocycles. The van der Waals surface area contributed by atoms with E-state index in [1.165, 1.54) is 6.33 Å². The van der Waals surface area contributed by atoms with E-state index in [0.717, 1.165) is 34.0 Å². The molecule has 1 fully saturated rings. The third-order valence-corrected chi connectivity index (χ3v) is 5.03. The lowest BCUT2D eigenvalue weighted by Crippen LogP contribution is -2.44. The van der Waals surface area contributed by atoms with E-state index in [1.807, 2.05) is 7.05 Å². The molecule has 0 bridgehead atoms. The fourth-order valence-corrected chi connectivity index (χ4v) is 3.93. The van der Waals surface area contributed by atoms with Crippen LogP contribution in [0.25, 0.3) is 11.0 Å². The maximum Gasteiger partial charge on any atom is 0.246 e. The van der Waals surface area contributed by atoms with Crippen LogP contribution in [0.5, 0.6) is 0 Å². The summed E-state index contributed by atoms with van der Waals surface area (Å²) in [5.41, 5.74) is 8.48. The maximum absolute atomic E-state index is 11.6. The van der Waals surface area contributed by atoms with Crippen molar-refractivity contribution < 1.29 is 4.79 Å². The molecule has 22 heavy (non-hydrogen) atoms. The van der Waals surface area contributed by atoms with Crippen molar-refractivity contribution in [3.63, 3.8) is 0 Å². The number of hydrogen-bond donors (Lipinski definition) is 2. The average Bonchev–Trinajstić information content (AvgIpc) is 2.67. The number of nitrogen functional groups attached to an aromatic ring is 1. The number of aromatic nitrogens is 3. The number of hydrogen-bond acceptors (Lipinski definition) is 4. The highest BCUT2D eigenvalue weighted by Gasteiger charge is 2.35. The average molecular weight is 364 g/mol. The van der Waals surface area contributed by atoms with Gasteiger partial charge in [0.2, 0.25) is 5.91 Å². The predicted octanol–water partition coefficient (Wildman–Crippen LogP) is 2.25. The Morgan fingerprint density at radius 1 is 1.50 bits per heavy atom. The van der Waals surface area contributed by atoms with Crippen LogP contribution in [0, 0.1) is 0 Å². The Morgan fingerprint density at radius 3 is 2.77 bits per heavy atom. The molecule has 1 saturated carbocycles. The van der Waals surface area contributed by atoms with Crippen molar-refractivity contribution in [1.29, 1.82) is 0 Å². The molecule has 0 saturated heterocycles. The topological polar surface area (TPSA) is 85.8 Å². The Morgan fingerprint density at radius 2 is 2.18 bits per heavy atom. The number of fused-ring (bicyclic) bond motifs is 1. The van der Waals surface area contributed by atoms with E-state index in [-0.39, 0.29) is 11.9 Å². The highest BCUT2D eigenvalue weighted by Crippen LogP contribution is 2.44. The normalized spacial score (nSPS) is 20.7. The Hall–Kier alpha value is -1.89. The standard InChI is InChI=1S/C15H18BrN5O/c1-7(2)15(22)20-9-4-8(5-9)12-11(16)10-13(17)18-6-19-14(10)21(12)3/h6,8-9H,1,4-5H2,2-3H3,(H,20,22)(H2,17,18,19). The van der Waals surface area contributed by atoms with Gasteiger partial charge in [0, 0.05) is 30.3 Å². The van der Waals surface area contributed by atoms with Crippen LogP contribution in [0.1, 0.15) is 31.4 Å². The molecule has 0 unspecified atom stereocenters. The molecule has 116 valence electrons. The smallest absolute Gasteiger partial charge is 0.246 e. The van der Waals surface area contributed by atoms with Gasteiger partial charge in [-0.3, -0.25) is 4.79 Å². The van der Waals surface area contributed by atoms with Gasteiger partial charge in [-0.05, 0) is 35.7 Å². The van der Waals surface area contributed by atoms with Gasteiger partial charge >= 0.3 is 0 Å². The number of nitrogens with zero attached hydrogens (tertiary/aromatic N) is 3. The molecule has 1 aliphatic rings. The van der Waals surface area contributed by atoms with Crippen LogP contribution in [0.4, 0.5) is 5.82 Å². The van der Waals surface area contributed by atoms with Gasteiger partial charge in [0.1, 0.15) is 17.8 Å². The minimum atomic E-state index is -0.0744. The van der Waals surface area contributed by atoms with Gasteiger partial charge in [0.15, 0.2) is 0 Å². The lowest BCUT2D eigenvalue weighted by Gasteiger charge is -2.36. The van der Waals surface area contributed by atoms with Gasteiger partial charge in [0.05, 0.1) is 9.86 Å². The van der Waals surface area contributed by atoms with Crippen molar-refractivity contribution in [3.8, 4) is 0 Å². The molecule has 2 heterocycles. The fraction of sp³-hybridized carbons (Fsp3) is 0.400. The first kappa shape index (κ1) is 15.0. The summed E-state index contributed by atoms with van der Waals surface area (Å²) in [4.78, 5) is 20.0. The highest BCUT2D eigenvalue weighted by molar-refractivity contribution is 9.10. The molecular formula is C15H18BrN5O. The van der Waals surface area contributed by atoms with Crippen molar-refractivity contribution >= 4 is 38.7 Å². The van der Waals surface area contributed by atoms with E-state index >= 15 is 0 Å². The monoisotopic (exact) mass is 363 g/mol. The zero-order valence-electron chi connectivity index (χ0n) is 12.6. The molecule has 0 atom stereocenters. The van der Waals surface area contributed by atoms with Crippen molar-refractivity contribution in [2.45, 2.75) is 31.7 Å². The van der Waals surface area contributed by atoms with Gasteiger partial charge in [-0.25, -0.2) is 9.97 Å². The lowest BCUT2D eigenvalue weighted by atomic mass is 9.78. The highest BCUT2D eigenvalue weighted by atomic mass is 79.9. The second-order valence-electron chi connectivity index (χ2n) is 5.83. The minimum absolute atomic E-state index is 0.0744. The van der Waals surface area contributed by atoms with Gasteiger partial charge in [-0.15, -0.1) is 0 Å². The third kappa shape index (κ3) is 2.29. The summed E-state index contributed by atoms with van der Waals surface area (Å²) in [5.74, 6) is 0.767. The molecule has 7 heteroatoms. The molecule has 6 nitrogen and oxygen atoms in total. The first-order valence-corrected chi connectivity index (χ1v) is 7.90. The number of carbonyl (C=O) groups excluding carboxylic acids is 1. The summed E-state index contributed by atoms with van der Waals surface area (Å²) in [5, 5.41) is 3.84. The molecule has 1 aliphatic carbocycles. The number of aryl methyl sites for hydroxylation is 1. The van der Waals surface area contributed by atoms with Crippen molar-refractivity contribution in [2.75, 3.05) is 5.73 Å². The van der Waals surface area contributed by atoms with E-state index in [4.69, 9.17) is 5.73 Å². The van der Waals surface area contributed by atoms with Crippen molar-refractivity contribution in [2.24, 2.45) is 7.05 Å². The Balaban J connectivity index is 1.83. The van der Waals surface area contributed by atoms with Gasteiger partial charge in [-0.1, -0.05) is 6.58 Å². The Bertz CT molecular complexity index is 776. The van der Waals surface area contributed by atoms with E-state index in [0.29, 0.717) is 17.3 Å². The van der Waals surface area contributed by atoms with Crippen LogP contribution in [-0.4, -0.2) is 26.5 Å². The van der Waals surface area contributed by atoms with Crippen LogP contribution in [0.2, 0.25) is 0 Å². The number of nitrogens with two attached hydrogens (primary N) is 1. The fourth-order valence-electron chi connectivity index (χ4n) is 2.96. The molecule has 2 aromatic rings. The second-order valence-corrected chi connectivity index (χ2v) is 6.63. The third-order valence-electron chi connectivity index (χ3n) is 4.23. The SMILES string of the molecule is C=C(C)C(=O)NC1CC(c2c(Br)c3c(N)ncnc3n2C)C1. The largest absolute Gasteiger partial charge is 0.383 e. The molecule has 0 spiro atoms. The summed E-state index contributed by atoms with van der Waals surface area (Å²) in [6.07, 6.45) is 3.27.